The highest BCUT2D eigenvalue weighted by molar-refractivity contribution is 5.76. The third kappa shape index (κ3) is 5.09. The molecule has 33 heavy (non-hydrogen) atoms. The van der Waals surface area contributed by atoms with Gasteiger partial charge in [-0.15, -0.1) is 0 Å². The monoisotopic (exact) mass is 446 g/mol. The maximum absolute atomic E-state index is 11.4. The zero-order valence-corrected chi connectivity index (χ0v) is 19.5. The molecule has 4 heterocycles. The molecule has 2 aromatic heterocycles. The molecule has 1 amide bonds. The molecule has 5 rings (SSSR count). The fraction of sp³-hybridized carbons (Fsp3) is 0.500. The molecule has 2 aliphatic rings. The van der Waals surface area contributed by atoms with Crippen LogP contribution in [0.5, 0.6) is 0 Å². The van der Waals surface area contributed by atoms with Gasteiger partial charge in [0.15, 0.2) is 5.65 Å². The number of fused-ring (bicyclic) bond motifs is 1. The summed E-state index contributed by atoms with van der Waals surface area (Å²) in [6, 6.07) is 12.9. The Morgan fingerprint density at radius 1 is 1.18 bits per heavy atom. The zero-order chi connectivity index (χ0) is 22.6. The smallest absolute Gasteiger partial charge is 0.220 e. The number of nitrogens with one attached hydrogen (secondary N) is 2. The zero-order valence-electron chi connectivity index (χ0n) is 19.5. The molecule has 3 aromatic rings. The second kappa shape index (κ2) is 10.0. The van der Waals surface area contributed by atoms with E-state index in [1.54, 1.807) is 0 Å². The Morgan fingerprint density at radius 2 is 2.06 bits per heavy atom. The fourth-order valence-corrected chi connectivity index (χ4v) is 5.27. The van der Waals surface area contributed by atoms with E-state index in [9.17, 15) is 4.79 Å². The van der Waals surface area contributed by atoms with Crippen molar-refractivity contribution in [3.63, 3.8) is 0 Å². The molecular formula is C26H34N6O. The predicted molar refractivity (Wildman–Crippen MR) is 129 cm³/mol. The van der Waals surface area contributed by atoms with Gasteiger partial charge in [0.2, 0.25) is 5.91 Å². The number of rotatable bonds is 7. The van der Waals surface area contributed by atoms with Crippen LogP contribution < -0.4 is 10.6 Å². The van der Waals surface area contributed by atoms with E-state index in [1.165, 1.54) is 29.7 Å². The number of carbonyl (C=O) groups is 1. The number of hydrogen-bond acceptors (Lipinski definition) is 5. The number of aromatic nitrogens is 3. The van der Waals surface area contributed by atoms with Crippen LogP contribution in [-0.2, 0) is 17.9 Å². The minimum Gasteiger partial charge on any atom is -0.356 e. The van der Waals surface area contributed by atoms with Gasteiger partial charge in [-0.25, -0.2) is 9.50 Å². The lowest BCUT2D eigenvalue weighted by atomic mass is 9.94. The highest BCUT2D eigenvalue weighted by atomic mass is 16.1. The minimum absolute atomic E-state index is 0.173. The van der Waals surface area contributed by atoms with E-state index in [4.69, 9.17) is 10.1 Å². The van der Waals surface area contributed by atoms with Crippen LogP contribution >= 0.6 is 0 Å². The van der Waals surface area contributed by atoms with Crippen molar-refractivity contribution < 1.29 is 4.79 Å². The van der Waals surface area contributed by atoms with E-state index >= 15 is 0 Å². The summed E-state index contributed by atoms with van der Waals surface area (Å²) >= 11 is 0. The number of piperidine rings is 2. The largest absolute Gasteiger partial charge is 0.356 e. The van der Waals surface area contributed by atoms with Crippen LogP contribution in [0.2, 0.25) is 0 Å². The van der Waals surface area contributed by atoms with Gasteiger partial charge in [0.05, 0.1) is 11.4 Å². The standard InChI is InChI=1S/C26H34N6O/c1-19-23(16-27-14-21-9-10-25(33)29-15-21)26-28-12-11-24(32(26)30-19)22-8-5-13-31(18-22)17-20-6-3-2-4-7-20/h2-4,6-7,11-12,21-22,27H,5,8-10,13-18H2,1H3,(H,29,33)/t21-,22+/m1/s1. The Morgan fingerprint density at radius 3 is 2.88 bits per heavy atom. The molecule has 174 valence electrons. The minimum atomic E-state index is 0.173. The molecule has 2 atom stereocenters. The van der Waals surface area contributed by atoms with Crippen LogP contribution in [0.15, 0.2) is 42.6 Å². The van der Waals surface area contributed by atoms with Crippen LogP contribution in [0.4, 0.5) is 0 Å². The summed E-state index contributed by atoms with van der Waals surface area (Å²) in [4.78, 5) is 18.7. The van der Waals surface area contributed by atoms with Crippen molar-refractivity contribution in [1.29, 1.82) is 0 Å². The Labute approximate surface area is 195 Å². The van der Waals surface area contributed by atoms with Crippen molar-refractivity contribution in [1.82, 2.24) is 30.1 Å². The average molecular weight is 447 g/mol. The summed E-state index contributed by atoms with van der Waals surface area (Å²) < 4.78 is 2.09. The van der Waals surface area contributed by atoms with Gasteiger partial charge in [0.25, 0.3) is 0 Å². The molecule has 2 fully saturated rings. The molecular weight excluding hydrogens is 412 g/mol. The van der Waals surface area contributed by atoms with Crippen LogP contribution in [0.25, 0.3) is 5.65 Å². The van der Waals surface area contributed by atoms with E-state index in [1.807, 2.05) is 6.20 Å². The van der Waals surface area contributed by atoms with Crippen molar-refractivity contribution in [2.75, 3.05) is 26.2 Å². The third-order valence-corrected chi connectivity index (χ3v) is 7.12. The predicted octanol–water partition coefficient (Wildman–Crippen LogP) is 3.03. The number of carbonyl (C=O) groups excluding carboxylic acids is 1. The van der Waals surface area contributed by atoms with Crippen LogP contribution in [0, 0.1) is 12.8 Å². The van der Waals surface area contributed by atoms with Gasteiger partial charge in [-0.1, -0.05) is 30.3 Å². The summed E-state index contributed by atoms with van der Waals surface area (Å²) in [6.45, 7) is 7.69. The highest BCUT2D eigenvalue weighted by Gasteiger charge is 2.25. The normalized spacial score (nSPS) is 21.9. The lowest BCUT2D eigenvalue weighted by Crippen LogP contribution is -2.39. The second-order valence-corrected chi connectivity index (χ2v) is 9.57. The first-order valence-corrected chi connectivity index (χ1v) is 12.2. The van der Waals surface area contributed by atoms with Gasteiger partial charge in [-0.05, 0) is 56.8 Å². The van der Waals surface area contributed by atoms with E-state index in [-0.39, 0.29) is 5.91 Å². The molecule has 0 unspecified atom stereocenters. The van der Waals surface area contributed by atoms with Crippen LogP contribution in [-0.4, -0.2) is 51.6 Å². The highest BCUT2D eigenvalue weighted by Crippen LogP contribution is 2.29. The molecule has 0 saturated carbocycles. The summed E-state index contributed by atoms with van der Waals surface area (Å²) in [7, 11) is 0. The first kappa shape index (κ1) is 22.0. The maximum atomic E-state index is 11.4. The SMILES string of the molecule is Cc1nn2c([C@H]3CCCN(Cc4ccccc4)C3)ccnc2c1CNC[C@H]1CCC(=O)NC1. The number of benzene rings is 1. The summed E-state index contributed by atoms with van der Waals surface area (Å²) in [5.41, 5.74) is 5.82. The quantitative estimate of drug-likeness (QED) is 0.584. The van der Waals surface area contributed by atoms with Crippen molar-refractivity contribution in [2.24, 2.45) is 5.92 Å². The van der Waals surface area contributed by atoms with Gasteiger partial charge < -0.3 is 10.6 Å². The Bertz CT molecular complexity index is 1080. The number of likely N-dealkylation sites (tertiary alicyclic amines) is 1. The Kier molecular flexibility index (Phi) is 6.69. The maximum Gasteiger partial charge on any atom is 0.220 e. The number of nitrogens with zero attached hydrogens (tertiary/aromatic N) is 4. The lowest BCUT2D eigenvalue weighted by Gasteiger charge is -2.33. The van der Waals surface area contributed by atoms with Crippen molar-refractivity contribution >= 4 is 11.6 Å². The van der Waals surface area contributed by atoms with Crippen LogP contribution in [0.3, 0.4) is 0 Å². The van der Waals surface area contributed by atoms with Gasteiger partial charge >= 0.3 is 0 Å². The Balaban J connectivity index is 1.28. The Hall–Kier alpha value is -2.77. The van der Waals surface area contributed by atoms with Gasteiger partial charge in [0, 0.05) is 50.3 Å². The molecule has 2 saturated heterocycles. The molecule has 0 aliphatic carbocycles. The lowest BCUT2D eigenvalue weighted by molar-refractivity contribution is -0.122. The van der Waals surface area contributed by atoms with Gasteiger partial charge in [0.1, 0.15) is 0 Å². The summed E-state index contributed by atoms with van der Waals surface area (Å²) in [6.07, 6.45) is 5.92. The first-order valence-electron chi connectivity index (χ1n) is 12.2. The third-order valence-electron chi connectivity index (χ3n) is 7.12. The van der Waals surface area contributed by atoms with Crippen molar-refractivity contribution in [3.8, 4) is 0 Å². The number of hydrogen-bond donors (Lipinski definition) is 2. The van der Waals surface area contributed by atoms with Crippen molar-refractivity contribution in [2.45, 2.75) is 51.6 Å². The van der Waals surface area contributed by atoms with Crippen molar-refractivity contribution in [3.05, 3.63) is 65.1 Å². The van der Waals surface area contributed by atoms with E-state index in [0.29, 0.717) is 18.3 Å². The van der Waals surface area contributed by atoms with E-state index in [2.05, 4.69) is 63.4 Å². The first-order chi connectivity index (χ1) is 16.2. The topological polar surface area (TPSA) is 74.6 Å². The molecule has 2 aliphatic heterocycles. The molecule has 0 bridgehead atoms. The van der Waals surface area contributed by atoms with Gasteiger partial charge in [-0.2, -0.15) is 5.10 Å². The molecule has 7 heteroatoms. The van der Waals surface area contributed by atoms with E-state index in [0.717, 1.165) is 57.0 Å². The fourth-order valence-electron chi connectivity index (χ4n) is 5.27. The molecule has 0 spiro atoms. The molecule has 7 nitrogen and oxygen atoms in total. The summed E-state index contributed by atoms with van der Waals surface area (Å²) in [5.74, 6) is 1.12. The van der Waals surface area contributed by atoms with Crippen LogP contribution in [0.1, 0.15) is 54.1 Å². The number of aryl methyl sites for hydroxylation is 1. The van der Waals surface area contributed by atoms with Gasteiger partial charge in [-0.3, -0.25) is 9.69 Å². The number of amides is 1. The average Bonchev–Trinajstić information content (AvgIpc) is 3.16. The molecule has 2 N–H and O–H groups in total. The molecule has 1 aromatic carbocycles. The second-order valence-electron chi connectivity index (χ2n) is 9.57. The summed E-state index contributed by atoms with van der Waals surface area (Å²) in [5, 5.41) is 11.5. The van der Waals surface area contributed by atoms with E-state index < -0.39 is 0 Å². The molecule has 0 radical (unpaired) electrons.